The average molecular weight is 198 g/mol. The summed E-state index contributed by atoms with van der Waals surface area (Å²) < 4.78 is 0. The van der Waals surface area contributed by atoms with Crippen LogP contribution in [0.15, 0.2) is 0 Å². The summed E-state index contributed by atoms with van der Waals surface area (Å²) in [5.74, 6) is 1.02. The Labute approximate surface area is 89.1 Å². The fourth-order valence-electron chi connectivity index (χ4n) is 1.63. The van der Waals surface area contributed by atoms with Gasteiger partial charge in [0.15, 0.2) is 0 Å². The van der Waals surface area contributed by atoms with Gasteiger partial charge >= 0.3 is 0 Å². The average Bonchev–Trinajstić information content (AvgIpc) is 2.84. The van der Waals surface area contributed by atoms with Crippen LogP contribution < -0.4 is 5.32 Å². The molecule has 1 fully saturated rings. The van der Waals surface area contributed by atoms with Crippen LogP contribution in [-0.2, 0) is 0 Å². The van der Waals surface area contributed by atoms with Gasteiger partial charge in [0.25, 0.3) is 0 Å². The molecule has 0 bridgehead atoms. The smallest absolute Gasteiger partial charge is 0.0107 e. The normalized spacial score (nSPS) is 17.8. The molecule has 0 atom stereocenters. The monoisotopic (exact) mass is 198 g/mol. The fraction of sp³-hybridized carbons (Fsp3) is 1.00. The van der Waals surface area contributed by atoms with Crippen LogP contribution in [0, 0.1) is 5.92 Å². The first-order valence-electron chi connectivity index (χ1n) is 5.98. The molecule has 1 saturated carbocycles. The van der Waals surface area contributed by atoms with Gasteiger partial charge in [-0.2, -0.15) is 0 Å². The Bertz CT molecular complexity index is 156. The summed E-state index contributed by atoms with van der Waals surface area (Å²) in [4.78, 5) is 2.57. The molecule has 1 aliphatic carbocycles. The largest absolute Gasteiger partial charge is 0.311 e. The Hall–Kier alpha value is -0.0800. The first-order valence-corrected chi connectivity index (χ1v) is 5.98. The minimum absolute atomic E-state index is 0.263. The van der Waals surface area contributed by atoms with Crippen LogP contribution in [0.25, 0.3) is 0 Å². The second kappa shape index (κ2) is 5.13. The van der Waals surface area contributed by atoms with Gasteiger partial charge < -0.3 is 10.2 Å². The molecule has 84 valence electrons. The molecule has 0 aliphatic heterocycles. The van der Waals surface area contributed by atoms with Crippen molar-refractivity contribution >= 4 is 0 Å². The first kappa shape index (κ1) is 12.0. The molecule has 0 aromatic heterocycles. The summed E-state index contributed by atoms with van der Waals surface area (Å²) in [5.41, 5.74) is 0.263. The van der Waals surface area contributed by atoms with Gasteiger partial charge in [-0.25, -0.2) is 0 Å². The zero-order valence-corrected chi connectivity index (χ0v) is 10.3. The van der Waals surface area contributed by atoms with Crippen LogP contribution in [-0.4, -0.2) is 36.6 Å². The van der Waals surface area contributed by atoms with E-state index in [2.05, 4.69) is 37.9 Å². The predicted molar refractivity (Wildman–Crippen MR) is 62.6 cm³/mol. The highest BCUT2D eigenvalue weighted by atomic mass is 15.1. The van der Waals surface area contributed by atoms with Gasteiger partial charge in [0, 0.05) is 25.2 Å². The molecule has 0 aromatic carbocycles. The lowest BCUT2D eigenvalue weighted by molar-refractivity contribution is 0.263. The summed E-state index contributed by atoms with van der Waals surface area (Å²) in [6, 6.07) is 0. The maximum Gasteiger partial charge on any atom is 0.0107 e. The number of nitrogens with one attached hydrogen (secondary N) is 1. The van der Waals surface area contributed by atoms with Gasteiger partial charge in [-0.05, 0) is 46.1 Å². The summed E-state index contributed by atoms with van der Waals surface area (Å²) in [6.07, 6.45) is 2.92. The van der Waals surface area contributed by atoms with E-state index in [1.165, 1.54) is 32.5 Å². The Morgan fingerprint density at radius 2 is 1.93 bits per heavy atom. The van der Waals surface area contributed by atoms with Crippen molar-refractivity contribution in [3.63, 3.8) is 0 Å². The second-order valence-corrected chi connectivity index (χ2v) is 5.51. The molecule has 2 heteroatoms. The Kier molecular flexibility index (Phi) is 4.39. The highest BCUT2D eigenvalue weighted by Gasteiger charge is 2.23. The molecule has 1 aliphatic rings. The summed E-state index contributed by atoms with van der Waals surface area (Å²) in [5, 5.41) is 3.54. The van der Waals surface area contributed by atoms with Crippen molar-refractivity contribution in [3.05, 3.63) is 0 Å². The lowest BCUT2D eigenvalue weighted by Crippen LogP contribution is -2.41. The Morgan fingerprint density at radius 3 is 2.36 bits per heavy atom. The van der Waals surface area contributed by atoms with Crippen molar-refractivity contribution in [2.75, 3.05) is 26.2 Å². The molecule has 2 nitrogen and oxygen atoms in total. The third kappa shape index (κ3) is 5.61. The van der Waals surface area contributed by atoms with Crippen LogP contribution in [0.4, 0.5) is 0 Å². The van der Waals surface area contributed by atoms with Gasteiger partial charge in [-0.1, -0.05) is 6.92 Å². The number of nitrogens with zero attached hydrogens (tertiary/aromatic N) is 1. The molecule has 0 unspecified atom stereocenters. The van der Waals surface area contributed by atoms with Crippen molar-refractivity contribution in [2.45, 2.75) is 46.1 Å². The summed E-state index contributed by atoms with van der Waals surface area (Å²) in [6.45, 7) is 13.8. The molecule has 0 aromatic rings. The molecule has 1 N–H and O–H groups in total. The third-order valence-electron chi connectivity index (χ3n) is 2.74. The maximum absolute atomic E-state index is 3.54. The number of rotatable bonds is 6. The Balaban J connectivity index is 2.07. The Morgan fingerprint density at radius 1 is 1.29 bits per heavy atom. The van der Waals surface area contributed by atoms with Crippen molar-refractivity contribution < 1.29 is 0 Å². The summed E-state index contributed by atoms with van der Waals surface area (Å²) in [7, 11) is 0. The van der Waals surface area contributed by atoms with Gasteiger partial charge in [0.2, 0.25) is 0 Å². The van der Waals surface area contributed by atoms with E-state index in [9.17, 15) is 0 Å². The van der Waals surface area contributed by atoms with E-state index in [1.54, 1.807) is 0 Å². The van der Waals surface area contributed by atoms with Crippen LogP contribution in [0.5, 0.6) is 0 Å². The summed E-state index contributed by atoms with van der Waals surface area (Å²) >= 11 is 0. The second-order valence-electron chi connectivity index (χ2n) is 5.51. The standard InChI is InChI=1S/C12H26N2/c1-5-14(10-11-6-7-11)9-8-13-12(2,3)4/h11,13H,5-10H2,1-4H3. The van der Waals surface area contributed by atoms with Crippen LogP contribution in [0.1, 0.15) is 40.5 Å². The van der Waals surface area contributed by atoms with E-state index in [0.29, 0.717) is 0 Å². The predicted octanol–water partition coefficient (Wildman–Crippen LogP) is 2.11. The van der Waals surface area contributed by atoms with Crippen LogP contribution in [0.2, 0.25) is 0 Å². The number of hydrogen-bond acceptors (Lipinski definition) is 2. The third-order valence-corrected chi connectivity index (χ3v) is 2.74. The maximum atomic E-state index is 3.54. The van der Waals surface area contributed by atoms with Gasteiger partial charge in [-0.3, -0.25) is 0 Å². The highest BCUT2D eigenvalue weighted by molar-refractivity contribution is 4.78. The molecular weight excluding hydrogens is 172 g/mol. The van der Waals surface area contributed by atoms with E-state index in [-0.39, 0.29) is 5.54 Å². The van der Waals surface area contributed by atoms with Crippen molar-refractivity contribution in [1.82, 2.24) is 10.2 Å². The van der Waals surface area contributed by atoms with E-state index >= 15 is 0 Å². The van der Waals surface area contributed by atoms with Crippen LogP contribution >= 0.6 is 0 Å². The first-order chi connectivity index (χ1) is 6.51. The quantitative estimate of drug-likeness (QED) is 0.703. The van der Waals surface area contributed by atoms with Gasteiger partial charge in [0.1, 0.15) is 0 Å². The molecule has 0 amide bonds. The zero-order valence-electron chi connectivity index (χ0n) is 10.3. The minimum atomic E-state index is 0.263. The number of likely N-dealkylation sites (N-methyl/N-ethyl adjacent to an activating group) is 1. The van der Waals surface area contributed by atoms with E-state index in [0.717, 1.165) is 12.5 Å². The van der Waals surface area contributed by atoms with E-state index < -0.39 is 0 Å². The van der Waals surface area contributed by atoms with Crippen LogP contribution in [0.3, 0.4) is 0 Å². The zero-order chi connectivity index (χ0) is 10.6. The fourth-order valence-corrected chi connectivity index (χ4v) is 1.63. The molecular formula is C12H26N2. The molecule has 14 heavy (non-hydrogen) atoms. The van der Waals surface area contributed by atoms with Crippen molar-refractivity contribution in [3.8, 4) is 0 Å². The molecule has 0 radical (unpaired) electrons. The van der Waals surface area contributed by atoms with E-state index in [1.807, 2.05) is 0 Å². The SMILES string of the molecule is CCN(CCNC(C)(C)C)CC1CC1. The lowest BCUT2D eigenvalue weighted by Gasteiger charge is -2.25. The topological polar surface area (TPSA) is 15.3 Å². The minimum Gasteiger partial charge on any atom is -0.311 e. The number of hydrogen-bond donors (Lipinski definition) is 1. The molecule has 0 heterocycles. The van der Waals surface area contributed by atoms with Crippen molar-refractivity contribution in [1.29, 1.82) is 0 Å². The van der Waals surface area contributed by atoms with Crippen molar-refractivity contribution in [2.24, 2.45) is 5.92 Å². The molecule has 0 spiro atoms. The van der Waals surface area contributed by atoms with E-state index in [4.69, 9.17) is 0 Å². The molecule has 0 saturated heterocycles. The lowest BCUT2D eigenvalue weighted by atomic mass is 10.1. The van der Waals surface area contributed by atoms with Gasteiger partial charge in [-0.15, -0.1) is 0 Å². The highest BCUT2D eigenvalue weighted by Crippen LogP contribution is 2.29. The molecule has 1 rings (SSSR count). The van der Waals surface area contributed by atoms with Gasteiger partial charge in [0.05, 0.1) is 0 Å².